The molecule has 9 heteroatoms. The van der Waals surface area contributed by atoms with Crippen molar-refractivity contribution in [1.82, 2.24) is 10.2 Å². The first-order valence-corrected chi connectivity index (χ1v) is 13.4. The fourth-order valence-corrected chi connectivity index (χ4v) is 6.29. The minimum Gasteiger partial charge on any atom is -0.497 e. The fraction of sp³-hybridized carbons (Fsp3) is 0.143. The predicted molar refractivity (Wildman–Crippen MR) is 145 cm³/mol. The van der Waals surface area contributed by atoms with Crippen LogP contribution in [0.25, 0.3) is 11.0 Å². The third-order valence-electron chi connectivity index (χ3n) is 6.26. The molecule has 0 spiro atoms. The standard InChI is InChI=1S/C28H21N3O4S2/c1-16-8-13-21-20(14-16)24(32)22-23(18-9-11-19(34-2)12-10-18)31(26(33)25(22)35-21)27-29-30-28(37-27)36-15-17-6-4-3-5-7-17/h3-14,23H,15H2,1-2H3. The van der Waals surface area contributed by atoms with E-state index >= 15 is 0 Å². The van der Waals surface area contributed by atoms with Crippen molar-refractivity contribution in [2.75, 3.05) is 12.0 Å². The Labute approximate surface area is 220 Å². The van der Waals surface area contributed by atoms with E-state index in [1.807, 2.05) is 55.5 Å². The van der Waals surface area contributed by atoms with Crippen LogP contribution in [-0.2, 0) is 5.75 Å². The molecule has 6 rings (SSSR count). The molecule has 184 valence electrons. The molecule has 37 heavy (non-hydrogen) atoms. The zero-order valence-corrected chi connectivity index (χ0v) is 21.6. The topological polar surface area (TPSA) is 85.5 Å². The van der Waals surface area contributed by atoms with Gasteiger partial charge in [0.1, 0.15) is 11.3 Å². The van der Waals surface area contributed by atoms with Gasteiger partial charge in [-0.2, -0.15) is 0 Å². The van der Waals surface area contributed by atoms with E-state index in [-0.39, 0.29) is 11.2 Å². The highest BCUT2D eigenvalue weighted by Crippen LogP contribution is 2.43. The number of carbonyl (C=O) groups excluding carboxylic acids is 1. The molecule has 0 N–H and O–H groups in total. The van der Waals surface area contributed by atoms with E-state index in [0.717, 1.165) is 21.2 Å². The number of methoxy groups -OCH3 is 1. The van der Waals surface area contributed by atoms with Crippen molar-refractivity contribution in [3.05, 3.63) is 111 Å². The lowest BCUT2D eigenvalue weighted by Gasteiger charge is -2.22. The van der Waals surface area contributed by atoms with Crippen molar-refractivity contribution in [3.8, 4) is 5.75 Å². The normalized spacial score (nSPS) is 14.8. The van der Waals surface area contributed by atoms with Crippen molar-refractivity contribution < 1.29 is 13.9 Å². The molecular formula is C28H21N3O4S2. The average Bonchev–Trinajstić information content (AvgIpc) is 3.51. The Morgan fingerprint density at radius 2 is 1.81 bits per heavy atom. The maximum atomic E-state index is 13.8. The van der Waals surface area contributed by atoms with E-state index in [1.54, 1.807) is 31.0 Å². The van der Waals surface area contributed by atoms with E-state index in [2.05, 4.69) is 22.3 Å². The van der Waals surface area contributed by atoms with Gasteiger partial charge in [-0.05, 0) is 42.3 Å². The number of aromatic nitrogens is 2. The number of ether oxygens (including phenoxy) is 1. The molecule has 0 saturated heterocycles. The summed E-state index contributed by atoms with van der Waals surface area (Å²) in [4.78, 5) is 29.0. The van der Waals surface area contributed by atoms with Crippen LogP contribution < -0.4 is 15.1 Å². The summed E-state index contributed by atoms with van der Waals surface area (Å²) in [5.41, 5.74) is 3.32. The Hall–Kier alpha value is -3.95. The van der Waals surface area contributed by atoms with Crippen molar-refractivity contribution in [3.63, 3.8) is 0 Å². The quantitative estimate of drug-likeness (QED) is 0.198. The molecule has 0 bridgehead atoms. The van der Waals surface area contributed by atoms with Crippen LogP contribution >= 0.6 is 23.1 Å². The Morgan fingerprint density at radius 1 is 1.03 bits per heavy atom. The highest BCUT2D eigenvalue weighted by Gasteiger charge is 2.45. The summed E-state index contributed by atoms with van der Waals surface area (Å²) >= 11 is 2.87. The molecule has 1 amide bonds. The molecule has 3 aromatic carbocycles. The van der Waals surface area contributed by atoms with Gasteiger partial charge < -0.3 is 9.15 Å². The summed E-state index contributed by atoms with van der Waals surface area (Å²) in [7, 11) is 1.59. The van der Waals surface area contributed by atoms with Gasteiger partial charge in [0.25, 0.3) is 5.91 Å². The number of carbonyl (C=O) groups is 1. The first kappa shape index (κ1) is 23.4. The van der Waals surface area contributed by atoms with E-state index in [9.17, 15) is 9.59 Å². The molecule has 2 aromatic heterocycles. The summed E-state index contributed by atoms with van der Waals surface area (Å²) < 4.78 is 12.1. The van der Waals surface area contributed by atoms with Crippen LogP contribution in [0.2, 0.25) is 0 Å². The average molecular weight is 528 g/mol. The molecule has 1 atom stereocenters. The van der Waals surface area contributed by atoms with Gasteiger partial charge in [0.15, 0.2) is 9.77 Å². The molecule has 0 saturated carbocycles. The van der Waals surface area contributed by atoms with Gasteiger partial charge in [-0.1, -0.05) is 77.2 Å². The second kappa shape index (κ2) is 9.49. The number of rotatable bonds is 6. The van der Waals surface area contributed by atoms with Gasteiger partial charge >= 0.3 is 0 Å². The monoisotopic (exact) mass is 527 g/mol. The van der Waals surface area contributed by atoms with Gasteiger partial charge in [0, 0.05) is 5.75 Å². The SMILES string of the molecule is COc1ccc(C2c3c(oc4ccc(C)cc4c3=O)C(=O)N2c2nnc(SCc3ccccc3)s2)cc1. The zero-order chi connectivity index (χ0) is 25.5. The fourth-order valence-electron chi connectivity index (χ4n) is 4.46. The second-order valence-corrected chi connectivity index (χ2v) is 10.8. The number of aryl methyl sites for hydroxylation is 1. The smallest absolute Gasteiger partial charge is 0.297 e. The third kappa shape index (κ3) is 4.20. The molecule has 5 aromatic rings. The largest absolute Gasteiger partial charge is 0.497 e. The highest BCUT2D eigenvalue weighted by atomic mass is 32.2. The lowest BCUT2D eigenvalue weighted by Crippen LogP contribution is -2.29. The molecule has 1 unspecified atom stereocenters. The maximum absolute atomic E-state index is 13.8. The van der Waals surface area contributed by atoms with Crippen LogP contribution in [0.5, 0.6) is 5.75 Å². The van der Waals surface area contributed by atoms with E-state index in [4.69, 9.17) is 9.15 Å². The Balaban J connectivity index is 1.45. The van der Waals surface area contributed by atoms with Gasteiger partial charge in [-0.15, -0.1) is 10.2 Å². The van der Waals surface area contributed by atoms with Gasteiger partial charge in [0.05, 0.1) is 24.1 Å². The van der Waals surface area contributed by atoms with Gasteiger partial charge in [-0.25, -0.2) is 0 Å². The molecule has 1 aliphatic rings. The first-order chi connectivity index (χ1) is 18.0. The number of anilines is 1. The zero-order valence-electron chi connectivity index (χ0n) is 20.0. The second-order valence-electron chi connectivity index (χ2n) is 8.65. The van der Waals surface area contributed by atoms with Crippen LogP contribution in [0.15, 0.2) is 86.3 Å². The summed E-state index contributed by atoms with van der Waals surface area (Å²) in [6.45, 7) is 1.92. The third-order valence-corrected chi connectivity index (χ3v) is 8.39. The van der Waals surface area contributed by atoms with Crippen LogP contribution in [0.4, 0.5) is 5.13 Å². The van der Waals surface area contributed by atoms with Crippen LogP contribution in [0, 0.1) is 6.92 Å². The molecule has 1 aliphatic heterocycles. The van der Waals surface area contributed by atoms with Gasteiger partial charge in [-0.3, -0.25) is 14.5 Å². The van der Waals surface area contributed by atoms with Crippen molar-refractivity contribution in [1.29, 1.82) is 0 Å². The Kier molecular flexibility index (Phi) is 6.02. The highest BCUT2D eigenvalue weighted by molar-refractivity contribution is 8.00. The minimum absolute atomic E-state index is 0.0378. The van der Waals surface area contributed by atoms with Crippen LogP contribution in [0.3, 0.4) is 0 Å². The summed E-state index contributed by atoms with van der Waals surface area (Å²) in [5, 5.41) is 9.53. The van der Waals surface area contributed by atoms with Crippen LogP contribution in [-0.4, -0.2) is 23.2 Å². The van der Waals surface area contributed by atoms with Gasteiger partial charge in [0.2, 0.25) is 10.9 Å². The molecular weight excluding hydrogens is 506 g/mol. The lowest BCUT2D eigenvalue weighted by molar-refractivity contribution is 0.0970. The lowest BCUT2D eigenvalue weighted by atomic mass is 9.98. The van der Waals surface area contributed by atoms with E-state index in [1.165, 1.54) is 21.8 Å². The summed E-state index contributed by atoms with van der Waals surface area (Å²) in [5.74, 6) is 1.04. The number of amides is 1. The Bertz CT molecular complexity index is 1680. The molecule has 0 fully saturated rings. The molecule has 0 radical (unpaired) electrons. The number of benzene rings is 3. The number of thioether (sulfide) groups is 1. The molecule has 7 nitrogen and oxygen atoms in total. The summed E-state index contributed by atoms with van der Waals surface area (Å²) in [6.07, 6.45) is 0. The number of fused-ring (bicyclic) bond motifs is 2. The first-order valence-electron chi connectivity index (χ1n) is 11.6. The number of hydrogen-bond donors (Lipinski definition) is 0. The molecule has 3 heterocycles. The Morgan fingerprint density at radius 3 is 2.57 bits per heavy atom. The number of nitrogens with zero attached hydrogens (tertiary/aromatic N) is 3. The van der Waals surface area contributed by atoms with E-state index < -0.39 is 11.9 Å². The predicted octanol–water partition coefficient (Wildman–Crippen LogP) is 6.00. The van der Waals surface area contributed by atoms with Crippen LogP contribution in [0.1, 0.15) is 38.9 Å². The summed E-state index contributed by atoms with van der Waals surface area (Å²) in [6, 6.07) is 22.1. The minimum atomic E-state index is -0.700. The molecule has 0 aliphatic carbocycles. The van der Waals surface area contributed by atoms with Crippen molar-refractivity contribution >= 4 is 45.1 Å². The van der Waals surface area contributed by atoms with E-state index in [0.29, 0.717) is 27.4 Å². The maximum Gasteiger partial charge on any atom is 0.297 e. The van der Waals surface area contributed by atoms with Crippen molar-refractivity contribution in [2.45, 2.75) is 23.1 Å². The van der Waals surface area contributed by atoms with Crippen molar-refractivity contribution in [2.24, 2.45) is 0 Å². The number of hydrogen-bond acceptors (Lipinski definition) is 8.